The number of aliphatic hydroxyl groups is 1. The van der Waals surface area contributed by atoms with Crippen molar-refractivity contribution in [1.82, 2.24) is 9.97 Å². The molecule has 148 valence electrons. The van der Waals surface area contributed by atoms with Gasteiger partial charge in [-0.3, -0.25) is 0 Å². The lowest BCUT2D eigenvalue weighted by molar-refractivity contribution is -0.137. The van der Waals surface area contributed by atoms with E-state index < -0.39 is 22.4 Å². The van der Waals surface area contributed by atoms with Crippen LogP contribution in [-0.4, -0.2) is 41.2 Å². The molecule has 1 heterocycles. The quantitative estimate of drug-likeness (QED) is 0.559. The van der Waals surface area contributed by atoms with E-state index in [2.05, 4.69) is 9.97 Å². The summed E-state index contributed by atoms with van der Waals surface area (Å²) in [6.45, 7) is 3.48. The van der Waals surface area contributed by atoms with Crippen molar-refractivity contribution < 1.29 is 27.8 Å². The smallest absolute Gasteiger partial charge is 0.416 e. The number of rotatable bonds is 7. The summed E-state index contributed by atoms with van der Waals surface area (Å²) in [5.74, 6) is 0.627. The van der Waals surface area contributed by atoms with Gasteiger partial charge in [-0.15, -0.1) is 0 Å². The van der Waals surface area contributed by atoms with Gasteiger partial charge in [0.05, 0.1) is 32.5 Å². The van der Waals surface area contributed by atoms with Crippen LogP contribution >= 0.6 is 11.8 Å². The van der Waals surface area contributed by atoms with Crippen LogP contribution in [0.3, 0.4) is 0 Å². The molecule has 0 aliphatic heterocycles. The van der Waals surface area contributed by atoms with Gasteiger partial charge in [0, 0.05) is 10.7 Å². The molecule has 0 fully saturated rings. The van der Waals surface area contributed by atoms with E-state index in [0.717, 1.165) is 12.1 Å². The Kier molecular flexibility index (Phi) is 6.59. The van der Waals surface area contributed by atoms with Crippen LogP contribution in [-0.2, 0) is 11.6 Å². The number of nitrogens with zero attached hydrogens (tertiary/aromatic N) is 2. The molecule has 5 nitrogen and oxygen atoms in total. The second kappa shape index (κ2) is 8.35. The summed E-state index contributed by atoms with van der Waals surface area (Å²) in [6, 6.07) is 6.47. The Morgan fingerprint density at radius 1 is 1.00 bits per heavy atom. The van der Waals surface area contributed by atoms with Crippen LogP contribution in [0, 0.1) is 0 Å². The van der Waals surface area contributed by atoms with E-state index in [4.69, 9.17) is 9.47 Å². The first kappa shape index (κ1) is 21.3. The number of thioether (sulfide) groups is 1. The highest BCUT2D eigenvalue weighted by Gasteiger charge is 2.35. The fourth-order valence-corrected chi connectivity index (χ4v) is 3.51. The summed E-state index contributed by atoms with van der Waals surface area (Å²) in [6.07, 6.45) is -4.39. The van der Waals surface area contributed by atoms with Gasteiger partial charge in [0.1, 0.15) is 0 Å². The number of aliphatic hydroxyl groups excluding tert-OH is 1. The zero-order chi connectivity index (χ0) is 20.2. The van der Waals surface area contributed by atoms with Crippen LogP contribution in [0.2, 0.25) is 0 Å². The fourth-order valence-electron chi connectivity index (χ4n) is 2.46. The lowest BCUT2D eigenvalue weighted by Crippen LogP contribution is -2.34. The fraction of sp³-hybridized carbons (Fsp3) is 0.444. The zero-order valence-electron chi connectivity index (χ0n) is 15.4. The molecule has 1 atom stereocenters. The number of alkyl halides is 3. The van der Waals surface area contributed by atoms with Gasteiger partial charge in [-0.05, 0) is 17.7 Å². The van der Waals surface area contributed by atoms with Crippen LogP contribution in [0.5, 0.6) is 11.8 Å². The number of ether oxygens (including phenoxy) is 2. The lowest BCUT2D eigenvalue weighted by atomic mass is 9.81. The second-order valence-corrected chi connectivity index (χ2v) is 7.49. The van der Waals surface area contributed by atoms with Gasteiger partial charge in [0.15, 0.2) is 5.16 Å². The van der Waals surface area contributed by atoms with Gasteiger partial charge in [-0.1, -0.05) is 37.7 Å². The Balaban J connectivity index is 2.30. The lowest BCUT2D eigenvalue weighted by Gasteiger charge is -2.33. The molecular weight excluding hydrogens is 381 g/mol. The molecule has 0 amide bonds. The largest absolute Gasteiger partial charge is 0.481 e. The highest BCUT2D eigenvalue weighted by molar-refractivity contribution is 7.99. The Morgan fingerprint density at radius 2 is 1.48 bits per heavy atom. The molecule has 9 heteroatoms. The van der Waals surface area contributed by atoms with Crippen LogP contribution in [0.25, 0.3) is 0 Å². The highest BCUT2D eigenvalue weighted by Crippen LogP contribution is 2.39. The summed E-state index contributed by atoms with van der Waals surface area (Å²) in [5, 5.41) is 9.83. The Bertz CT molecular complexity index is 745. The van der Waals surface area contributed by atoms with E-state index in [1.807, 2.05) is 13.8 Å². The zero-order valence-corrected chi connectivity index (χ0v) is 16.2. The van der Waals surface area contributed by atoms with Crippen molar-refractivity contribution in [1.29, 1.82) is 0 Å². The van der Waals surface area contributed by atoms with Gasteiger partial charge in [-0.25, -0.2) is 0 Å². The average Bonchev–Trinajstić information content (AvgIpc) is 2.64. The third-order valence-corrected chi connectivity index (χ3v) is 5.67. The van der Waals surface area contributed by atoms with E-state index in [0.29, 0.717) is 22.5 Å². The summed E-state index contributed by atoms with van der Waals surface area (Å²) >= 11 is 1.20. The summed E-state index contributed by atoms with van der Waals surface area (Å²) in [7, 11) is 2.93. The molecule has 1 unspecified atom stereocenters. The van der Waals surface area contributed by atoms with Crippen LogP contribution < -0.4 is 9.47 Å². The number of hydrogen-bond donors (Lipinski definition) is 1. The first-order valence-electron chi connectivity index (χ1n) is 8.04. The molecule has 27 heavy (non-hydrogen) atoms. The first-order valence-corrected chi connectivity index (χ1v) is 8.92. The molecule has 0 aliphatic rings. The summed E-state index contributed by atoms with van der Waals surface area (Å²) in [5.41, 5.74) is -0.698. The van der Waals surface area contributed by atoms with E-state index in [1.165, 1.54) is 44.2 Å². The van der Waals surface area contributed by atoms with Crippen molar-refractivity contribution >= 4 is 11.8 Å². The average molecular weight is 402 g/mol. The number of hydrogen-bond acceptors (Lipinski definition) is 6. The minimum atomic E-state index is -4.39. The molecule has 2 rings (SSSR count). The predicted octanol–water partition coefficient (Wildman–Crippen LogP) is 3.94. The van der Waals surface area contributed by atoms with Gasteiger partial charge in [0.2, 0.25) is 11.8 Å². The number of halogens is 3. The minimum Gasteiger partial charge on any atom is -0.481 e. The van der Waals surface area contributed by atoms with Gasteiger partial charge >= 0.3 is 6.18 Å². The van der Waals surface area contributed by atoms with Crippen molar-refractivity contribution in [3.05, 3.63) is 41.5 Å². The van der Waals surface area contributed by atoms with Crippen molar-refractivity contribution in [3.8, 4) is 11.8 Å². The van der Waals surface area contributed by atoms with E-state index >= 15 is 0 Å². The van der Waals surface area contributed by atoms with Gasteiger partial charge in [-0.2, -0.15) is 23.1 Å². The maximum Gasteiger partial charge on any atom is 0.416 e. The van der Waals surface area contributed by atoms with E-state index in [-0.39, 0.29) is 6.61 Å². The maximum atomic E-state index is 12.8. The molecule has 0 aliphatic carbocycles. The normalized spacial score (nSPS) is 13.3. The van der Waals surface area contributed by atoms with Crippen molar-refractivity contribution in [3.63, 3.8) is 0 Å². The molecule has 0 spiro atoms. The number of aromatic nitrogens is 2. The SMILES string of the molecule is COc1cc(OC)nc(SC(CO)C(C)(C)c2ccc(C(F)(F)F)cc2)n1. The summed E-state index contributed by atoms with van der Waals surface area (Å²) < 4.78 is 48.6. The molecule has 0 saturated carbocycles. The summed E-state index contributed by atoms with van der Waals surface area (Å²) in [4.78, 5) is 8.46. The Hall–Kier alpha value is -2.00. The molecule has 2 aromatic rings. The Labute approximate surface area is 159 Å². The third-order valence-electron chi connectivity index (χ3n) is 4.25. The van der Waals surface area contributed by atoms with Crippen LogP contribution in [0.15, 0.2) is 35.5 Å². The molecule has 1 aromatic carbocycles. The van der Waals surface area contributed by atoms with E-state index in [1.54, 1.807) is 0 Å². The monoisotopic (exact) mass is 402 g/mol. The second-order valence-electron chi connectivity index (χ2n) is 6.32. The molecule has 0 saturated heterocycles. The van der Waals surface area contributed by atoms with Crippen LogP contribution in [0.1, 0.15) is 25.0 Å². The van der Waals surface area contributed by atoms with Crippen LogP contribution in [0.4, 0.5) is 13.2 Å². The topological polar surface area (TPSA) is 64.5 Å². The van der Waals surface area contributed by atoms with Crippen molar-refractivity contribution in [2.75, 3.05) is 20.8 Å². The molecule has 1 aromatic heterocycles. The Morgan fingerprint density at radius 3 is 1.89 bits per heavy atom. The van der Waals surface area contributed by atoms with Gasteiger partial charge < -0.3 is 14.6 Å². The number of methoxy groups -OCH3 is 2. The van der Waals surface area contributed by atoms with E-state index in [9.17, 15) is 18.3 Å². The molecule has 0 bridgehead atoms. The molecular formula is C18H21F3N2O3S. The third kappa shape index (κ3) is 5.04. The number of benzene rings is 1. The first-order chi connectivity index (χ1) is 12.6. The standard InChI is InChI=1S/C18H21F3N2O3S/c1-17(2,11-5-7-12(8-6-11)18(19,20)21)13(10-24)27-16-22-14(25-3)9-15(23-16)26-4/h5-9,13,24H,10H2,1-4H3. The van der Waals surface area contributed by atoms with Crippen molar-refractivity contribution in [2.24, 2.45) is 0 Å². The van der Waals surface area contributed by atoms with Crippen molar-refractivity contribution in [2.45, 2.75) is 35.8 Å². The predicted molar refractivity (Wildman–Crippen MR) is 96.3 cm³/mol. The molecule has 1 N–H and O–H groups in total. The minimum absolute atomic E-state index is 0.221. The molecule has 0 radical (unpaired) electrons. The highest BCUT2D eigenvalue weighted by atomic mass is 32.2. The maximum absolute atomic E-state index is 12.8. The van der Waals surface area contributed by atoms with Gasteiger partial charge in [0.25, 0.3) is 0 Å².